The van der Waals surface area contributed by atoms with Crippen LogP contribution >= 0.6 is 0 Å². The van der Waals surface area contributed by atoms with E-state index in [0.29, 0.717) is 0 Å². The number of piperidine rings is 1. The molecule has 2 saturated heterocycles. The zero-order valence-corrected chi connectivity index (χ0v) is 11.3. The van der Waals surface area contributed by atoms with Crippen molar-refractivity contribution in [3.05, 3.63) is 12.2 Å². The maximum absolute atomic E-state index is 4.18. The summed E-state index contributed by atoms with van der Waals surface area (Å²) in [6, 6.07) is 2.30. The molecule has 2 aliphatic rings. The maximum Gasteiger partial charge on any atom is 0.133 e. The molecule has 2 aliphatic heterocycles. The fourth-order valence-electron chi connectivity index (χ4n) is 3.64. The SMILES string of the molecule is CNC1CC2CCC(C1)N2CCc1nncn1C. The van der Waals surface area contributed by atoms with Crippen LogP contribution in [0.5, 0.6) is 0 Å². The molecule has 100 valence electrons. The van der Waals surface area contributed by atoms with Gasteiger partial charge in [0.05, 0.1) is 0 Å². The van der Waals surface area contributed by atoms with Crippen molar-refractivity contribution in [2.45, 2.75) is 50.2 Å². The summed E-state index contributed by atoms with van der Waals surface area (Å²) in [5.74, 6) is 1.10. The molecular weight excluding hydrogens is 226 g/mol. The third-order valence-corrected chi connectivity index (χ3v) is 4.69. The molecule has 0 saturated carbocycles. The summed E-state index contributed by atoms with van der Waals surface area (Å²) >= 11 is 0. The molecule has 18 heavy (non-hydrogen) atoms. The smallest absolute Gasteiger partial charge is 0.133 e. The van der Waals surface area contributed by atoms with Gasteiger partial charge in [0.15, 0.2) is 0 Å². The maximum atomic E-state index is 4.18. The first kappa shape index (κ1) is 12.1. The van der Waals surface area contributed by atoms with E-state index in [-0.39, 0.29) is 0 Å². The highest BCUT2D eigenvalue weighted by molar-refractivity contribution is 4.98. The van der Waals surface area contributed by atoms with Gasteiger partial charge < -0.3 is 9.88 Å². The minimum atomic E-state index is 0.730. The number of aromatic nitrogens is 3. The second kappa shape index (κ2) is 4.97. The van der Waals surface area contributed by atoms with Crippen molar-refractivity contribution in [1.29, 1.82) is 0 Å². The van der Waals surface area contributed by atoms with Gasteiger partial charge in [-0.05, 0) is 32.7 Å². The topological polar surface area (TPSA) is 46.0 Å². The average molecular weight is 249 g/mol. The van der Waals surface area contributed by atoms with Gasteiger partial charge in [0.2, 0.25) is 0 Å². The Morgan fingerprint density at radius 3 is 2.61 bits per heavy atom. The average Bonchev–Trinajstić information content (AvgIpc) is 2.87. The van der Waals surface area contributed by atoms with Crippen LogP contribution in [-0.2, 0) is 13.5 Å². The molecule has 0 spiro atoms. The highest BCUT2D eigenvalue weighted by Crippen LogP contribution is 2.35. The molecule has 1 aromatic heterocycles. The molecule has 5 heteroatoms. The molecule has 0 amide bonds. The van der Waals surface area contributed by atoms with E-state index in [9.17, 15) is 0 Å². The Morgan fingerprint density at radius 1 is 1.33 bits per heavy atom. The van der Waals surface area contributed by atoms with Crippen molar-refractivity contribution in [1.82, 2.24) is 25.0 Å². The third kappa shape index (κ3) is 2.17. The molecule has 1 aromatic rings. The molecule has 2 fully saturated rings. The molecule has 2 atom stereocenters. The summed E-state index contributed by atoms with van der Waals surface area (Å²) in [7, 11) is 4.12. The van der Waals surface area contributed by atoms with Gasteiger partial charge in [-0.3, -0.25) is 4.90 Å². The molecule has 0 aromatic carbocycles. The van der Waals surface area contributed by atoms with Crippen molar-refractivity contribution in [2.75, 3.05) is 13.6 Å². The van der Waals surface area contributed by atoms with Crippen LogP contribution in [0, 0.1) is 0 Å². The van der Waals surface area contributed by atoms with E-state index in [4.69, 9.17) is 0 Å². The predicted molar refractivity (Wildman–Crippen MR) is 70.3 cm³/mol. The number of aryl methyl sites for hydroxylation is 1. The standard InChI is InChI=1S/C13H23N5/c1-14-10-7-11-3-4-12(8-10)18(11)6-5-13-16-15-9-17(13)2/h9-12,14H,3-8H2,1-2H3. The van der Waals surface area contributed by atoms with E-state index in [2.05, 4.69) is 27.5 Å². The van der Waals surface area contributed by atoms with Crippen LogP contribution < -0.4 is 5.32 Å². The third-order valence-electron chi connectivity index (χ3n) is 4.69. The van der Waals surface area contributed by atoms with E-state index in [1.807, 2.05) is 11.6 Å². The molecule has 3 heterocycles. The van der Waals surface area contributed by atoms with Gasteiger partial charge in [-0.1, -0.05) is 0 Å². The van der Waals surface area contributed by atoms with Crippen LogP contribution in [0.2, 0.25) is 0 Å². The lowest BCUT2D eigenvalue weighted by Crippen LogP contribution is -2.48. The Bertz CT molecular complexity index is 388. The molecule has 3 rings (SSSR count). The summed E-state index contributed by atoms with van der Waals surface area (Å²) in [5.41, 5.74) is 0. The van der Waals surface area contributed by atoms with Gasteiger partial charge in [0.25, 0.3) is 0 Å². The summed E-state index contributed by atoms with van der Waals surface area (Å²) in [6.07, 6.45) is 8.19. The van der Waals surface area contributed by atoms with Gasteiger partial charge in [0.1, 0.15) is 12.2 Å². The van der Waals surface area contributed by atoms with E-state index < -0.39 is 0 Å². The number of fused-ring (bicyclic) bond motifs is 2. The molecule has 5 nitrogen and oxygen atoms in total. The van der Waals surface area contributed by atoms with Crippen LogP contribution in [0.4, 0.5) is 0 Å². The van der Waals surface area contributed by atoms with Crippen molar-refractivity contribution < 1.29 is 0 Å². The van der Waals surface area contributed by atoms with Crippen molar-refractivity contribution in [3.63, 3.8) is 0 Å². The highest BCUT2D eigenvalue weighted by Gasteiger charge is 2.39. The quantitative estimate of drug-likeness (QED) is 0.847. The van der Waals surface area contributed by atoms with Gasteiger partial charge in [-0.2, -0.15) is 0 Å². The molecule has 1 N–H and O–H groups in total. The lowest BCUT2D eigenvalue weighted by atomic mass is 9.97. The van der Waals surface area contributed by atoms with Crippen LogP contribution in [0.15, 0.2) is 6.33 Å². The first-order chi connectivity index (χ1) is 8.78. The Balaban J connectivity index is 1.60. The van der Waals surface area contributed by atoms with Crippen molar-refractivity contribution >= 4 is 0 Å². The highest BCUT2D eigenvalue weighted by atomic mass is 15.3. The van der Waals surface area contributed by atoms with Gasteiger partial charge >= 0.3 is 0 Å². The normalized spacial score (nSPS) is 32.0. The monoisotopic (exact) mass is 249 g/mol. The summed E-state index contributed by atoms with van der Waals surface area (Å²) < 4.78 is 2.03. The summed E-state index contributed by atoms with van der Waals surface area (Å²) in [4.78, 5) is 2.71. The molecule has 2 bridgehead atoms. The van der Waals surface area contributed by atoms with Gasteiger partial charge in [-0.25, -0.2) is 0 Å². The Morgan fingerprint density at radius 2 is 2.06 bits per heavy atom. The second-order valence-electron chi connectivity index (χ2n) is 5.69. The summed E-state index contributed by atoms with van der Waals surface area (Å²) in [6.45, 7) is 1.14. The minimum absolute atomic E-state index is 0.730. The lowest BCUT2D eigenvalue weighted by molar-refractivity contribution is 0.120. The van der Waals surface area contributed by atoms with Crippen LogP contribution in [0.25, 0.3) is 0 Å². The summed E-state index contributed by atoms with van der Waals surface area (Å²) in [5, 5.41) is 11.6. The largest absolute Gasteiger partial charge is 0.321 e. The van der Waals surface area contributed by atoms with Crippen molar-refractivity contribution in [2.24, 2.45) is 7.05 Å². The number of nitrogens with one attached hydrogen (secondary N) is 1. The van der Waals surface area contributed by atoms with E-state index >= 15 is 0 Å². The first-order valence-corrected chi connectivity index (χ1v) is 7.04. The zero-order chi connectivity index (χ0) is 12.5. The Kier molecular flexibility index (Phi) is 3.35. The fourth-order valence-corrected chi connectivity index (χ4v) is 3.64. The van der Waals surface area contributed by atoms with Crippen LogP contribution in [0.3, 0.4) is 0 Å². The number of hydrogen-bond acceptors (Lipinski definition) is 4. The lowest BCUT2D eigenvalue weighted by Gasteiger charge is -2.38. The van der Waals surface area contributed by atoms with E-state index in [1.165, 1.54) is 25.7 Å². The van der Waals surface area contributed by atoms with Crippen molar-refractivity contribution in [3.8, 4) is 0 Å². The minimum Gasteiger partial charge on any atom is -0.321 e. The van der Waals surface area contributed by atoms with E-state index in [0.717, 1.165) is 36.9 Å². The molecule has 0 radical (unpaired) electrons. The number of hydrogen-bond donors (Lipinski definition) is 1. The van der Waals surface area contributed by atoms with Gasteiger partial charge in [0, 0.05) is 38.1 Å². The van der Waals surface area contributed by atoms with Gasteiger partial charge in [-0.15, -0.1) is 10.2 Å². The zero-order valence-electron chi connectivity index (χ0n) is 11.3. The second-order valence-corrected chi connectivity index (χ2v) is 5.69. The molecular formula is C13H23N5. The predicted octanol–water partition coefficient (Wildman–Crippen LogP) is 0.572. The Hall–Kier alpha value is -0.940. The Labute approximate surface area is 109 Å². The first-order valence-electron chi connectivity index (χ1n) is 7.04. The van der Waals surface area contributed by atoms with Crippen LogP contribution in [-0.4, -0.2) is 51.4 Å². The number of nitrogens with zero attached hydrogens (tertiary/aromatic N) is 4. The fraction of sp³-hybridized carbons (Fsp3) is 0.846. The number of rotatable bonds is 4. The molecule has 0 aliphatic carbocycles. The van der Waals surface area contributed by atoms with Crippen LogP contribution in [0.1, 0.15) is 31.5 Å². The van der Waals surface area contributed by atoms with E-state index in [1.54, 1.807) is 6.33 Å². The molecule has 2 unspecified atom stereocenters.